The van der Waals surface area contributed by atoms with E-state index in [1.165, 1.54) is 19.3 Å². The third-order valence-electron chi connectivity index (χ3n) is 3.25. The number of hydrogen-bond acceptors (Lipinski definition) is 4. The Balaban J connectivity index is 1.73. The van der Waals surface area contributed by atoms with E-state index in [9.17, 15) is 0 Å². The van der Waals surface area contributed by atoms with Crippen LogP contribution in [0.5, 0.6) is 0 Å². The summed E-state index contributed by atoms with van der Waals surface area (Å²) in [4.78, 5) is 0. The normalized spacial score (nSPS) is 16.1. The summed E-state index contributed by atoms with van der Waals surface area (Å²) in [5, 5.41) is 9.37. The van der Waals surface area contributed by atoms with Crippen molar-refractivity contribution in [3.63, 3.8) is 0 Å². The Morgan fingerprint density at radius 2 is 2.35 bits per heavy atom. The van der Waals surface area contributed by atoms with Crippen LogP contribution >= 0.6 is 11.8 Å². The van der Waals surface area contributed by atoms with Gasteiger partial charge in [0.25, 0.3) is 0 Å². The van der Waals surface area contributed by atoms with Crippen LogP contribution in [0.3, 0.4) is 0 Å². The molecule has 5 heteroatoms. The van der Waals surface area contributed by atoms with Crippen molar-refractivity contribution in [2.75, 3.05) is 5.75 Å². The average Bonchev–Trinajstić information content (AvgIpc) is 2.86. The zero-order valence-electron chi connectivity index (χ0n) is 9.80. The Morgan fingerprint density at radius 3 is 3.00 bits per heavy atom. The third kappa shape index (κ3) is 2.11. The molecule has 1 saturated carbocycles. The van der Waals surface area contributed by atoms with Crippen LogP contribution in [0.1, 0.15) is 19.3 Å². The number of nitrogens with zero attached hydrogens (tertiary/aromatic N) is 3. The molecule has 0 aliphatic heterocycles. The van der Waals surface area contributed by atoms with Crippen LogP contribution in [-0.2, 0) is 7.05 Å². The minimum absolute atomic E-state index is 0.774. The minimum atomic E-state index is 0.774. The molecule has 1 fully saturated rings. The number of rotatable bonds is 4. The lowest BCUT2D eigenvalue weighted by molar-refractivity contribution is 0.353. The highest BCUT2D eigenvalue weighted by molar-refractivity contribution is 7.99. The molecule has 90 valence electrons. The summed E-state index contributed by atoms with van der Waals surface area (Å²) in [5.41, 5.74) is 0. The molecule has 0 saturated heterocycles. The van der Waals surface area contributed by atoms with Gasteiger partial charge in [-0.1, -0.05) is 18.2 Å². The SMILES string of the molecule is Cn1c(SCC2CCC2)nnc1-c1ccco1. The Bertz CT molecular complexity index is 488. The smallest absolute Gasteiger partial charge is 0.200 e. The molecular formula is C12H15N3OS. The second-order valence-corrected chi connectivity index (χ2v) is 5.44. The monoisotopic (exact) mass is 249 g/mol. The molecular weight excluding hydrogens is 234 g/mol. The lowest BCUT2D eigenvalue weighted by Gasteiger charge is -2.24. The molecule has 0 aromatic carbocycles. The highest BCUT2D eigenvalue weighted by atomic mass is 32.2. The van der Waals surface area contributed by atoms with Crippen molar-refractivity contribution >= 4 is 11.8 Å². The summed E-state index contributed by atoms with van der Waals surface area (Å²) in [7, 11) is 1.99. The van der Waals surface area contributed by atoms with Crippen molar-refractivity contribution < 1.29 is 4.42 Å². The average molecular weight is 249 g/mol. The van der Waals surface area contributed by atoms with Gasteiger partial charge in [0, 0.05) is 12.8 Å². The van der Waals surface area contributed by atoms with E-state index in [0.717, 1.165) is 28.4 Å². The van der Waals surface area contributed by atoms with Gasteiger partial charge < -0.3 is 8.98 Å². The van der Waals surface area contributed by atoms with Gasteiger partial charge in [0.15, 0.2) is 16.7 Å². The van der Waals surface area contributed by atoms with Crippen LogP contribution < -0.4 is 0 Å². The van der Waals surface area contributed by atoms with Gasteiger partial charge in [0.2, 0.25) is 0 Å². The summed E-state index contributed by atoms with van der Waals surface area (Å²) in [5.74, 6) is 3.61. The van der Waals surface area contributed by atoms with Crippen LogP contribution in [0.25, 0.3) is 11.6 Å². The molecule has 0 amide bonds. The first-order chi connectivity index (χ1) is 8.34. The number of thioether (sulfide) groups is 1. The van der Waals surface area contributed by atoms with Crippen molar-refractivity contribution in [2.24, 2.45) is 13.0 Å². The quantitative estimate of drug-likeness (QED) is 0.781. The van der Waals surface area contributed by atoms with Crippen LogP contribution in [0.2, 0.25) is 0 Å². The van der Waals surface area contributed by atoms with E-state index < -0.39 is 0 Å². The van der Waals surface area contributed by atoms with Crippen LogP contribution in [0, 0.1) is 5.92 Å². The molecule has 0 bridgehead atoms. The second-order valence-electron chi connectivity index (χ2n) is 4.45. The van der Waals surface area contributed by atoms with Gasteiger partial charge in [0.1, 0.15) is 0 Å². The maximum Gasteiger partial charge on any atom is 0.200 e. The summed E-state index contributed by atoms with van der Waals surface area (Å²) in [6.45, 7) is 0. The first kappa shape index (κ1) is 10.9. The van der Waals surface area contributed by atoms with Gasteiger partial charge in [-0.25, -0.2) is 0 Å². The zero-order valence-corrected chi connectivity index (χ0v) is 10.6. The van der Waals surface area contributed by atoms with Crippen LogP contribution in [0.4, 0.5) is 0 Å². The first-order valence-corrected chi connectivity index (χ1v) is 6.89. The van der Waals surface area contributed by atoms with Crippen LogP contribution in [-0.4, -0.2) is 20.5 Å². The molecule has 1 aliphatic carbocycles. The van der Waals surface area contributed by atoms with E-state index in [0.29, 0.717) is 0 Å². The van der Waals surface area contributed by atoms with Gasteiger partial charge in [-0.2, -0.15) is 0 Å². The molecule has 0 N–H and O–H groups in total. The number of furan rings is 1. The van der Waals surface area contributed by atoms with E-state index in [2.05, 4.69) is 10.2 Å². The van der Waals surface area contributed by atoms with Gasteiger partial charge in [-0.15, -0.1) is 10.2 Å². The maximum atomic E-state index is 5.34. The third-order valence-corrected chi connectivity index (χ3v) is 4.50. The Morgan fingerprint density at radius 1 is 1.47 bits per heavy atom. The predicted octanol–water partition coefficient (Wildman–Crippen LogP) is 2.97. The van der Waals surface area contributed by atoms with E-state index in [1.54, 1.807) is 18.0 Å². The summed E-state index contributed by atoms with van der Waals surface area (Å²) >= 11 is 1.80. The van der Waals surface area contributed by atoms with E-state index >= 15 is 0 Å². The standard InChI is InChI=1S/C12H15N3OS/c1-15-11(10-6-3-7-16-10)13-14-12(15)17-8-9-4-2-5-9/h3,6-7,9H,2,4-5,8H2,1H3. The van der Waals surface area contributed by atoms with Gasteiger partial charge in [0.05, 0.1) is 6.26 Å². The zero-order chi connectivity index (χ0) is 11.7. The largest absolute Gasteiger partial charge is 0.461 e. The van der Waals surface area contributed by atoms with E-state index in [4.69, 9.17) is 4.42 Å². The van der Waals surface area contributed by atoms with Crippen molar-refractivity contribution in [3.8, 4) is 11.6 Å². The van der Waals surface area contributed by atoms with Gasteiger partial charge >= 0.3 is 0 Å². The van der Waals surface area contributed by atoms with Gasteiger partial charge in [-0.3, -0.25) is 0 Å². The molecule has 17 heavy (non-hydrogen) atoms. The second kappa shape index (κ2) is 4.56. The highest BCUT2D eigenvalue weighted by Gasteiger charge is 2.19. The van der Waals surface area contributed by atoms with E-state index in [-0.39, 0.29) is 0 Å². The molecule has 3 rings (SSSR count). The molecule has 4 nitrogen and oxygen atoms in total. The summed E-state index contributed by atoms with van der Waals surface area (Å²) < 4.78 is 7.34. The van der Waals surface area contributed by atoms with Crippen molar-refractivity contribution in [1.29, 1.82) is 0 Å². The van der Waals surface area contributed by atoms with E-state index in [1.807, 2.05) is 23.7 Å². The molecule has 2 aromatic rings. The fraction of sp³-hybridized carbons (Fsp3) is 0.500. The van der Waals surface area contributed by atoms with Crippen LogP contribution in [0.15, 0.2) is 28.0 Å². The highest BCUT2D eigenvalue weighted by Crippen LogP contribution is 2.32. The van der Waals surface area contributed by atoms with Crippen molar-refractivity contribution in [3.05, 3.63) is 18.4 Å². The van der Waals surface area contributed by atoms with Gasteiger partial charge in [-0.05, 0) is 30.9 Å². The maximum absolute atomic E-state index is 5.34. The Labute approximate surface area is 104 Å². The lowest BCUT2D eigenvalue weighted by Crippen LogP contribution is -2.13. The Kier molecular flexibility index (Phi) is 2.93. The number of aromatic nitrogens is 3. The summed E-state index contributed by atoms with van der Waals surface area (Å²) in [6, 6.07) is 3.77. The van der Waals surface area contributed by atoms with Crippen molar-refractivity contribution in [1.82, 2.24) is 14.8 Å². The molecule has 0 radical (unpaired) electrons. The molecule has 0 spiro atoms. The molecule has 0 atom stereocenters. The number of hydrogen-bond donors (Lipinski definition) is 0. The topological polar surface area (TPSA) is 43.9 Å². The first-order valence-electron chi connectivity index (χ1n) is 5.90. The minimum Gasteiger partial charge on any atom is -0.461 e. The summed E-state index contributed by atoms with van der Waals surface area (Å²) in [6.07, 6.45) is 5.79. The molecule has 2 aromatic heterocycles. The fourth-order valence-electron chi connectivity index (χ4n) is 1.91. The fourth-order valence-corrected chi connectivity index (χ4v) is 3.01. The lowest BCUT2D eigenvalue weighted by atomic mass is 9.87. The Hall–Kier alpha value is -1.23. The molecule has 2 heterocycles. The predicted molar refractivity (Wildman–Crippen MR) is 66.8 cm³/mol. The molecule has 1 aliphatic rings. The molecule has 0 unspecified atom stereocenters. The van der Waals surface area contributed by atoms with Crippen molar-refractivity contribution in [2.45, 2.75) is 24.4 Å².